The van der Waals surface area contributed by atoms with Crippen molar-refractivity contribution >= 4 is 23.1 Å². The predicted molar refractivity (Wildman–Crippen MR) is 68.9 cm³/mol. The highest BCUT2D eigenvalue weighted by atomic mass is 35.5. The Bertz CT molecular complexity index is 580. The number of aromatic nitrogens is 2. The van der Waals surface area contributed by atoms with Gasteiger partial charge in [0.05, 0.1) is 12.6 Å². The number of imidazole rings is 1. The van der Waals surface area contributed by atoms with Crippen LogP contribution < -0.4 is 5.73 Å². The molecule has 0 fully saturated rings. The van der Waals surface area contributed by atoms with Crippen LogP contribution in [0.3, 0.4) is 0 Å². The molecule has 0 unspecified atom stereocenters. The molecule has 0 aliphatic rings. The Morgan fingerprint density at radius 1 is 1.61 bits per heavy atom. The topological polar surface area (TPSA) is 69.6 Å². The molecular formula is C12H14ClN3O2. The van der Waals surface area contributed by atoms with E-state index in [0.29, 0.717) is 23.5 Å². The highest BCUT2D eigenvalue weighted by molar-refractivity contribution is 6.31. The molecule has 2 N–H and O–H groups in total. The SMILES string of the molecule is COC(=O)c1nc(CCCN)n2ccc(Cl)cc12. The number of rotatable bonds is 4. The van der Waals surface area contributed by atoms with Crippen LogP contribution in [0.15, 0.2) is 18.3 Å². The molecular weight excluding hydrogens is 254 g/mol. The van der Waals surface area contributed by atoms with Crippen LogP contribution in [0.5, 0.6) is 0 Å². The standard InChI is InChI=1S/C12H14ClN3O2/c1-18-12(17)11-9-7-8(13)4-6-16(9)10(15-11)3-2-5-14/h4,6-7H,2-3,5,14H2,1H3. The number of carbonyl (C=O) groups is 1. The number of nitrogens with zero attached hydrogens (tertiary/aromatic N) is 2. The quantitative estimate of drug-likeness (QED) is 0.856. The maximum Gasteiger partial charge on any atom is 0.358 e. The summed E-state index contributed by atoms with van der Waals surface area (Å²) in [6.07, 6.45) is 3.31. The molecule has 2 heterocycles. The molecule has 2 aromatic heterocycles. The fourth-order valence-corrected chi connectivity index (χ4v) is 1.97. The first kappa shape index (κ1) is 12.9. The summed E-state index contributed by atoms with van der Waals surface area (Å²) in [7, 11) is 1.33. The summed E-state index contributed by atoms with van der Waals surface area (Å²) in [4.78, 5) is 16.0. The highest BCUT2D eigenvalue weighted by Gasteiger charge is 2.17. The number of hydrogen-bond acceptors (Lipinski definition) is 4. The summed E-state index contributed by atoms with van der Waals surface area (Å²) < 4.78 is 6.56. The number of hydrogen-bond donors (Lipinski definition) is 1. The molecule has 96 valence electrons. The van der Waals surface area contributed by atoms with Gasteiger partial charge in [0.1, 0.15) is 5.82 Å². The van der Waals surface area contributed by atoms with Crippen LogP contribution in [0.4, 0.5) is 0 Å². The van der Waals surface area contributed by atoms with E-state index in [4.69, 9.17) is 22.1 Å². The molecule has 6 heteroatoms. The second kappa shape index (κ2) is 5.37. The zero-order chi connectivity index (χ0) is 13.1. The first-order valence-corrected chi connectivity index (χ1v) is 6.00. The molecule has 0 radical (unpaired) electrons. The van der Waals surface area contributed by atoms with Gasteiger partial charge in [0, 0.05) is 17.6 Å². The normalized spacial score (nSPS) is 10.8. The van der Waals surface area contributed by atoms with Crippen molar-refractivity contribution in [3.8, 4) is 0 Å². The lowest BCUT2D eigenvalue weighted by molar-refractivity contribution is 0.0597. The molecule has 5 nitrogen and oxygen atoms in total. The van der Waals surface area contributed by atoms with Gasteiger partial charge in [-0.2, -0.15) is 0 Å². The average molecular weight is 268 g/mol. The van der Waals surface area contributed by atoms with E-state index in [-0.39, 0.29) is 5.69 Å². The van der Waals surface area contributed by atoms with Crippen LogP contribution in [0.25, 0.3) is 5.52 Å². The summed E-state index contributed by atoms with van der Waals surface area (Å²) in [6, 6.07) is 3.45. The summed E-state index contributed by atoms with van der Waals surface area (Å²) in [5.74, 6) is 0.321. The first-order valence-electron chi connectivity index (χ1n) is 5.62. The number of aryl methyl sites for hydroxylation is 1. The lowest BCUT2D eigenvalue weighted by Gasteiger charge is -2.00. The van der Waals surface area contributed by atoms with Gasteiger partial charge in [-0.1, -0.05) is 11.6 Å². The Morgan fingerprint density at radius 2 is 2.39 bits per heavy atom. The summed E-state index contributed by atoms with van der Waals surface area (Å²) in [5, 5.41) is 0.554. The molecule has 0 bridgehead atoms. The Morgan fingerprint density at radius 3 is 3.06 bits per heavy atom. The number of nitrogens with two attached hydrogens (primary N) is 1. The minimum atomic E-state index is -0.464. The molecule has 2 aromatic rings. The zero-order valence-corrected chi connectivity index (χ0v) is 10.8. The molecule has 0 spiro atoms. The van der Waals surface area contributed by atoms with E-state index in [9.17, 15) is 4.79 Å². The summed E-state index contributed by atoms with van der Waals surface area (Å²) in [6.45, 7) is 0.579. The zero-order valence-electron chi connectivity index (χ0n) is 10.0. The van der Waals surface area contributed by atoms with E-state index < -0.39 is 5.97 Å². The fourth-order valence-electron chi connectivity index (χ4n) is 1.81. The second-order valence-electron chi connectivity index (χ2n) is 3.86. The van der Waals surface area contributed by atoms with Crippen LogP contribution >= 0.6 is 11.6 Å². The molecule has 0 saturated carbocycles. The van der Waals surface area contributed by atoms with Crippen LogP contribution in [0.2, 0.25) is 5.02 Å². The van der Waals surface area contributed by atoms with Gasteiger partial charge in [-0.3, -0.25) is 0 Å². The Labute approximate surface area is 110 Å². The van der Waals surface area contributed by atoms with E-state index in [0.717, 1.165) is 12.2 Å². The van der Waals surface area contributed by atoms with Gasteiger partial charge < -0.3 is 14.9 Å². The largest absolute Gasteiger partial charge is 0.464 e. The lowest BCUT2D eigenvalue weighted by atomic mass is 10.3. The summed E-state index contributed by atoms with van der Waals surface area (Å²) in [5.41, 5.74) is 6.43. The molecule has 0 aliphatic carbocycles. The lowest BCUT2D eigenvalue weighted by Crippen LogP contribution is -2.04. The Balaban J connectivity index is 2.56. The third-order valence-electron chi connectivity index (χ3n) is 2.66. The molecule has 0 atom stereocenters. The Kier molecular flexibility index (Phi) is 3.84. The highest BCUT2D eigenvalue weighted by Crippen LogP contribution is 2.19. The van der Waals surface area contributed by atoms with Gasteiger partial charge in [0.2, 0.25) is 0 Å². The number of ether oxygens (including phenoxy) is 1. The molecule has 0 saturated heterocycles. The van der Waals surface area contributed by atoms with Crippen molar-refractivity contribution < 1.29 is 9.53 Å². The van der Waals surface area contributed by atoms with Crippen molar-refractivity contribution in [3.63, 3.8) is 0 Å². The van der Waals surface area contributed by atoms with Crippen molar-refractivity contribution in [1.82, 2.24) is 9.38 Å². The average Bonchev–Trinajstić information content (AvgIpc) is 2.73. The summed E-state index contributed by atoms with van der Waals surface area (Å²) >= 11 is 5.94. The van der Waals surface area contributed by atoms with Gasteiger partial charge in [0.25, 0.3) is 0 Å². The number of halogens is 1. The van der Waals surface area contributed by atoms with Gasteiger partial charge in [-0.25, -0.2) is 9.78 Å². The smallest absolute Gasteiger partial charge is 0.358 e. The molecule has 0 aromatic carbocycles. The van der Waals surface area contributed by atoms with Crippen molar-refractivity contribution in [1.29, 1.82) is 0 Å². The van der Waals surface area contributed by atoms with Crippen molar-refractivity contribution in [2.75, 3.05) is 13.7 Å². The monoisotopic (exact) mass is 267 g/mol. The van der Waals surface area contributed by atoms with Crippen LogP contribution in [0.1, 0.15) is 22.7 Å². The molecule has 18 heavy (non-hydrogen) atoms. The van der Waals surface area contributed by atoms with E-state index in [1.165, 1.54) is 7.11 Å². The number of pyridine rings is 1. The maximum absolute atomic E-state index is 11.7. The Hall–Kier alpha value is -1.59. The third-order valence-corrected chi connectivity index (χ3v) is 2.90. The van der Waals surface area contributed by atoms with Crippen molar-refractivity contribution in [3.05, 3.63) is 34.9 Å². The third kappa shape index (κ3) is 2.32. The van der Waals surface area contributed by atoms with Gasteiger partial charge >= 0.3 is 5.97 Å². The predicted octanol–water partition coefficient (Wildman–Crippen LogP) is 1.67. The molecule has 0 amide bonds. The van der Waals surface area contributed by atoms with Gasteiger partial charge in [-0.05, 0) is 25.1 Å². The van der Waals surface area contributed by atoms with Crippen LogP contribution in [-0.4, -0.2) is 29.0 Å². The van der Waals surface area contributed by atoms with Gasteiger partial charge in [0.15, 0.2) is 5.69 Å². The van der Waals surface area contributed by atoms with E-state index in [1.54, 1.807) is 18.3 Å². The molecule has 2 rings (SSSR count). The van der Waals surface area contributed by atoms with E-state index in [1.807, 2.05) is 4.40 Å². The van der Waals surface area contributed by atoms with Crippen molar-refractivity contribution in [2.45, 2.75) is 12.8 Å². The first-order chi connectivity index (χ1) is 8.67. The van der Waals surface area contributed by atoms with Crippen molar-refractivity contribution in [2.24, 2.45) is 5.73 Å². The maximum atomic E-state index is 11.7. The van der Waals surface area contributed by atoms with Crippen LogP contribution in [-0.2, 0) is 11.2 Å². The van der Waals surface area contributed by atoms with E-state index >= 15 is 0 Å². The number of methoxy groups -OCH3 is 1. The molecule has 0 aliphatic heterocycles. The van der Waals surface area contributed by atoms with Crippen LogP contribution in [0, 0.1) is 0 Å². The van der Waals surface area contributed by atoms with E-state index in [2.05, 4.69) is 4.98 Å². The van der Waals surface area contributed by atoms with Gasteiger partial charge in [-0.15, -0.1) is 0 Å². The fraction of sp³-hybridized carbons (Fsp3) is 0.333. The minimum Gasteiger partial charge on any atom is -0.464 e. The number of fused-ring (bicyclic) bond motifs is 1. The number of carbonyl (C=O) groups excluding carboxylic acids is 1. The minimum absolute atomic E-state index is 0.284. The number of esters is 1. The second-order valence-corrected chi connectivity index (χ2v) is 4.30.